The van der Waals surface area contributed by atoms with Gasteiger partial charge in [-0.25, -0.2) is 0 Å². The molecule has 1 nitrogen and oxygen atoms in total. The summed E-state index contributed by atoms with van der Waals surface area (Å²) in [4.78, 5) is 0. The standard InChI is InChI=1S/C4H7O.Na/c5-4-2-1-3-4;/h4H,1-3H2;/q-1;+1. The maximum atomic E-state index is 9.98. The van der Waals surface area contributed by atoms with Crippen LogP contribution in [0.4, 0.5) is 0 Å². The first-order valence-corrected chi connectivity index (χ1v) is 2.05. The molecule has 0 amide bonds. The second-order valence-corrected chi connectivity index (χ2v) is 1.55. The first-order chi connectivity index (χ1) is 2.39. The Bertz CT molecular complexity index is 34.5. The Morgan fingerprint density at radius 1 is 1.33 bits per heavy atom. The summed E-state index contributed by atoms with van der Waals surface area (Å²) in [7, 11) is 0. The number of hydrogen-bond acceptors (Lipinski definition) is 1. The van der Waals surface area contributed by atoms with Gasteiger partial charge in [0.15, 0.2) is 0 Å². The van der Waals surface area contributed by atoms with Gasteiger partial charge in [0.1, 0.15) is 0 Å². The van der Waals surface area contributed by atoms with Crippen LogP contribution >= 0.6 is 0 Å². The van der Waals surface area contributed by atoms with Gasteiger partial charge >= 0.3 is 29.6 Å². The molecule has 6 heavy (non-hydrogen) atoms. The molecule has 0 unspecified atom stereocenters. The molecule has 0 heterocycles. The minimum Gasteiger partial charge on any atom is -0.852 e. The largest absolute Gasteiger partial charge is 1.00 e. The zero-order valence-corrected chi connectivity index (χ0v) is 6.11. The van der Waals surface area contributed by atoms with E-state index in [0.29, 0.717) is 0 Å². The SMILES string of the molecule is [Na+].[O-]C1CCC1. The van der Waals surface area contributed by atoms with Crippen LogP contribution < -0.4 is 34.7 Å². The molecule has 1 aliphatic rings. The van der Waals surface area contributed by atoms with Crippen LogP contribution in [0, 0.1) is 0 Å². The van der Waals surface area contributed by atoms with Gasteiger partial charge in [-0.05, 0) is 0 Å². The van der Waals surface area contributed by atoms with Crippen molar-refractivity contribution in [3.8, 4) is 0 Å². The summed E-state index contributed by atoms with van der Waals surface area (Å²) in [6, 6.07) is 0. The van der Waals surface area contributed by atoms with E-state index < -0.39 is 0 Å². The van der Waals surface area contributed by atoms with Crippen LogP contribution in [0.15, 0.2) is 0 Å². The van der Waals surface area contributed by atoms with Crippen LogP contribution in [0.5, 0.6) is 0 Å². The smallest absolute Gasteiger partial charge is 0.852 e. The Morgan fingerprint density at radius 2 is 1.67 bits per heavy atom. The van der Waals surface area contributed by atoms with E-state index in [4.69, 9.17) is 0 Å². The van der Waals surface area contributed by atoms with E-state index in [1.54, 1.807) is 0 Å². The summed E-state index contributed by atoms with van der Waals surface area (Å²) in [6.07, 6.45) is 2.85. The molecule has 0 aliphatic heterocycles. The molecule has 1 rings (SSSR count). The topological polar surface area (TPSA) is 23.1 Å². The third kappa shape index (κ3) is 1.61. The third-order valence-corrected chi connectivity index (χ3v) is 1.05. The fourth-order valence-corrected chi connectivity index (χ4v) is 0.371. The van der Waals surface area contributed by atoms with E-state index in [1.807, 2.05) is 0 Å². The molecule has 0 spiro atoms. The molecule has 0 N–H and O–H groups in total. The zero-order valence-electron chi connectivity index (χ0n) is 4.11. The van der Waals surface area contributed by atoms with Crippen LogP contribution in [0.1, 0.15) is 19.3 Å². The van der Waals surface area contributed by atoms with Crippen molar-refractivity contribution < 1.29 is 34.7 Å². The van der Waals surface area contributed by atoms with Crippen LogP contribution in [0.3, 0.4) is 0 Å². The summed E-state index contributed by atoms with van der Waals surface area (Å²) in [5, 5.41) is 9.98. The van der Waals surface area contributed by atoms with Crippen molar-refractivity contribution in [3.63, 3.8) is 0 Å². The average molecular weight is 94.1 g/mol. The van der Waals surface area contributed by atoms with Crippen molar-refractivity contribution in [2.45, 2.75) is 25.4 Å². The normalized spacial score (nSPS) is 21.5. The quantitative estimate of drug-likeness (QED) is 0.292. The van der Waals surface area contributed by atoms with E-state index in [9.17, 15) is 5.11 Å². The van der Waals surface area contributed by atoms with Crippen LogP contribution in [0.2, 0.25) is 0 Å². The van der Waals surface area contributed by atoms with Gasteiger partial charge in [0.2, 0.25) is 0 Å². The molecule has 0 atom stereocenters. The Morgan fingerprint density at radius 3 is 1.67 bits per heavy atom. The van der Waals surface area contributed by atoms with E-state index in [0.717, 1.165) is 12.8 Å². The van der Waals surface area contributed by atoms with Gasteiger partial charge < -0.3 is 5.11 Å². The van der Waals surface area contributed by atoms with Crippen molar-refractivity contribution in [1.29, 1.82) is 0 Å². The monoisotopic (exact) mass is 94.0 g/mol. The molecule has 30 valence electrons. The Balaban J connectivity index is 0.000000250. The number of rotatable bonds is 0. The summed E-state index contributed by atoms with van der Waals surface area (Å²) < 4.78 is 0. The van der Waals surface area contributed by atoms with E-state index in [1.165, 1.54) is 6.42 Å². The predicted molar refractivity (Wildman–Crippen MR) is 17.6 cm³/mol. The maximum Gasteiger partial charge on any atom is 1.00 e. The fraction of sp³-hybridized carbons (Fsp3) is 1.00. The molecular weight excluding hydrogens is 87.0 g/mol. The summed E-state index contributed by atoms with van der Waals surface area (Å²) in [6.45, 7) is 0. The van der Waals surface area contributed by atoms with Crippen molar-refractivity contribution in [2.24, 2.45) is 0 Å². The van der Waals surface area contributed by atoms with Crippen molar-refractivity contribution in [3.05, 3.63) is 0 Å². The minimum atomic E-state index is -0.185. The predicted octanol–water partition coefficient (Wildman–Crippen LogP) is -3.10. The Hall–Kier alpha value is 0.960. The molecule has 0 bridgehead atoms. The van der Waals surface area contributed by atoms with E-state index in [-0.39, 0.29) is 35.7 Å². The van der Waals surface area contributed by atoms with Crippen LogP contribution in [0.25, 0.3) is 0 Å². The zero-order chi connectivity index (χ0) is 3.70. The molecule has 0 aromatic heterocycles. The summed E-state index contributed by atoms with van der Waals surface area (Å²) in [5.74, 6) is 0. The molecule has 2 heteroatoms. The molecule has 0 saturated heterocycles. The van der Waals surface area contributed by atoms with Gasteiger partial charge in [0.05, 0.1) is 0 Å². The van der Waals surface area contributed by atoms with Gasteiger partial charge in [0, 0.05) is 0 Å². The van der Waals surface area contributed by atoms with Gasteiger partial charge in [-0.15, -0.1) is 6.10 Å². The minimum absolute atomic E-state index is 0. The molecule has 0 radical (unpaired) electrons. The average Bonchev–Trinajstić information content (AvgIpc) is 1.30. The van der Waals surface area contributed by atoms with E-state index >= 15 is 0 Å². The Kier molecular flexibility index (Phi) is 3.51. The van der Waals surface area contributed by atoms with Gasteiger partial charge in [-0.1, -0.05) is 19.3 Å². The molecule has 1 saturated carbocycles. The third-order valence-electron chi connectivity index (χ3n) is 1.05. The van der Waals surface area contributed by atoms with Gasteiger partial charge in [-0.2, -0.15) is 0 Å². The summed E-state index contributed by atoms with van der Waals surface area (Å²) in [5.41, 5.74) is 0. The molecule has 0 aromatic rings. The van der Waals surface area contributed by atoms with E-state index in [2.05, 4.69) is 0 Å². The molecule has 1 fully saturated rings. The second kappa shape index (κ2) is 3.03. The summed E-state index contributed by atoms with van der Waals surface area (Å²) >= 11 is 0. The Labute approximate surface area is 60.0 Å². The molecule has 1 aliphatic carbocycles. The van der Waals surface area contributed by atoms with Crippen LogP contribution in [-0.4, -0.2) is 6.10 Å². The maximum absolute atomic E-state index is 9.98. The van der Waals surface area contributed by atoms with Crippen molar-refractivity contribution in [2.75, 3.05) is 0 Å². The van der Waals surface area contributed by atoms with Crippen molar-refractivity contribution >= 4 is 0 Å². The fourth-order valence-electron chi connectivity index (χ4n) is 0.371. The van der Waals surface area contributed by atoms with Gasteiger partial charge in [-0.3, -0.25) is 0 Å². The second-order valence-electron chi connectivity index (χ2n) is 1.55. The first kappa shape index (κ1) is 6.96. The first-order valence-electron chi connectivity index (χ1n) is 2.05. The molecule has 0 aromatic carbocycles. The van der Waals surface area contributed by atoms with Gasteiger partial charge in [0.25, 0.3) is 0 Å². The van der Waals surface area contributed by atoms with Crippen molar-refractivity contribution in [1.82, 2.24) is 0 Å². The van der Waals surface area contributed by atoms with Crippen LogP contribution in [-0.2, 0) is 0 Å². The number of hydrogen-bond donors (Lipinski definition) is 0. The molecular formula is C4H7NaO.